The minimum Gasteiger partial charge on any atom is -0.301 e. The van der Waals surface area contributed by atoms with Crippen molar-refractivity contribution in [3.8, 4) is 0 Å². The first-order valence-corrected chi connectivity index (χ1v) is 10.3. The highest BCUT2D eigenvalue weighted by molar-refractivity contribution is 7.99. The first-order valence-electron chi connectivity index (χ1n) is 8.41. The topological polar surface area (TPSA) is 80.7 Å². The number of carbonyl (C=O) groups excluding carboxylic acids is 1. The van der Waals surface area contributed by atoms with Crippen LogP contribution in [-0.2, 0) is 10.2 Å². The molecule has 0 aromatic carbocycles. The monoisotopic (exact) mass is 375 g/mol. The van der Waals surface area contributed by atoms with Gasteiger partial charge >= 0.3 is 0 Å². The second kappa shape index (κ2) is 5.74. The van der Waals surface area contributed by atoms with Crippen molar-refractivity contribution < 1.29 is 4.79 Å². The van der Waals surface area contributed by atoms with Crippen LogP contribution in [0.3, 0.4) is 0 Å². The molecule has 4 rings (SSSR count). The minimum absolute atomic E-state index is 0.0545. The fraction of sp³-hybridized carbons (Fsp3) is 0.588. The zero-order chi connectivity index (χ0) is 17.8. The molecule has 2 aliphatic rings. The molecule has 2 heterocycles. The molecule has 0 spiro atoms. The van der Waals surface area contributed by atoms with E-state index in [0.29, 0.717) is 16.2 Å². The molecule has 2 bridgehead atoms. The number of thioether (sulfide) groups is 1. The van der Waals surface area contributed by atoms with Crippen molar-refractivity contribution in [2.24, 2.45) is 5.41 Å². The molecule has 0 aliphatic heterocycles. The lowest BCUT2D eigenvalue weighted by molar-refractivity contribution is -0.113. The lowest BCUT2D eigenvalue weighted by atomic mass is 9.70. The van der Waals surface area contributed by atoms with E-state index in [2.05, 4.69) is 41.3 Å². The van der Waals surface area contributed by atoms with E-state index in [9.17, 15) is 4.79 Å². The molecule has 1 N–H and O–H groups in total. The number of anilines is 1. The Morgan fingerprint density at radius 2 is 2.16 bits per heavy atom. The van der Waals surface area contributed by atoms with Gasteiger partial charge in [0.25, 0.3) is 0 Å². The van der Waals surface area contributed by atoms with Gasteiger partial charge in [0, 0.05) is 16.7 Å². The average molecular weight is 376 g/mol. The molecule has 0 radical (unpaired) electrons. The van der Waals surface area contributed by atoms with Gasteiger partial charge in [0.1, 0.15) is 0 Å². The molecule has 2 aliphatic carbocycles. The third-order valence-electron chi connectivity index (χ3n) is 5.97. The summed E-state index contributed by atoms with van der Waals surface area (Å²) in [7, 11) is 0. The molecule has 0 saturated heterocycles. The minimum atomic E-state index is -0.100. The number of hydrogen-bond donors (Lipinski definition) is 1. The Hall–Kier alpha value is -1.54. The van der Waals surface area contributed by atoms with Gasteiger partial charge in [0.2, 0.25) is 11.1 Å². The van der Waals surface area contributed by atoms with Gasteiger partial charge in [-0.15, -0.1) is 16.4 Å². The van der Waals surface area contributed by atoms with Gasteiger partial charge in [-0.2, -0.15) is 5.10 Å². The molecule has 1 fully saturated rings. The number of thiazole rings is 1. The van der Waals surface area contributed by atoms with Crippen molar-refractivity contribution in [1.82, 2.24) is 20.2 Å². The van der Waals surface area contributed by atoms with Crippen molar-refractivity contribution in [1.29, 1.82) is 0 Å². The molecule has 1 amide bonds. The van der Waals surface area contributed by atoms with Crippen molar-refractivity contribution >= 4 is 34.1 Å². The zero-order valence-corrected chi connectivity index (χ0v) is 16.4. The molecular weight excluding hydrogens is 354 g/mol. The van der Waals surface area contributed by atoms with Gasteiger partial charge in [-0.25, -0.2) is 9.97 Å². The highest BCUT2D eigenvalue weighted by atomic mass is 32.2. The van der Waals surface area contributed by atoms with E-state index in [1.165, 1.54) is 23.1 Å². The van der Waals surface area contributed by atoms with E-state index in [1.807, 2.05) is 12.3 Å². The summed E-state index contributed by atoms with van der Waals surface area (Å²) in [6.07, 6.45) is 2.30. The second-order valence-corrected chi connectivity index (χ2v) is 9.40. The number of carbonyl (C=O) groups is 1. The summed E-state index contributed by atoms with van der Waals surface area (Å²) in [4.78, 5) is 21.1. The number of fused-ring (bicyclic) bond motifs is 5. The SMILES string of the molecule is Cc1csc(NC(=O)CSc2nnc3c(n2)C2(C)CCC3C2(C)C)n1. The molecule has 2 unspecified atom stereocenters. The van der Waals surface area contributed by atoms with E-state index >= 15 is 0 Å². The summed E-state index contributed by atoms with van der Waals surface area (Å²) < 4.78 is 0. The Kier molecular flexibility index (Phi) is 3.88. The number of hydrogen-bond acceptors (Lipinski definition) is 7. The Balaban J connectivity index is 1.46. The van der Waals surface area contributed by atoms with Crippen LogP contribution in [0.2, 0.25) is 0 Å². The number of aromatic nitrogens is 4. The summed E-state index contributed by atoms with van der Waals surface area (Å²) in [5, 5.41) is 14.7. The maximum atomic E-state index is 12.1. The van der Waals surface area contributed by atoms with E-state index in [0.717, 1.165) is 29.9 Å². The maximum absolute atomic E-state index is 12.1. The van der Waals surface area contributed by atoms with Gasteiger partial charge in [-0.3, -0.25) is 4.79 Å². The van der Waals surface area contributed by atoms with Gasteiger partial charge in [-0.1, -0.05) is 32.5 Å². The second-order valence-electron chi connectivity index (χ2n) is 7.60. The summed E-state index contributed by atoms with van der Waals surface area (Å²) in [6, 6.07) is 0. The summed E-state index contributed by atoms with van der Waals surface area (Å²) in [6.45, 7) is 8.81. The van der Waals surface area contributed by atoms with E-state index in [4.69, 9.17) is 4.98 Å². The first kappa shape index (κ1) is 16.9. The molecular formula is C17H21N5OS2. The molecule has 25 heavy (non-hydrogen) atoms. The lowest BCUT2D eigenvalue weighted by Crippen LogP contribution is -2.32. The van der Waals surface area contributed by atoms with Gasteiger partial charge in [0.15, 0.2) is 5.13 Å². The third-order valence-corrected chi connectivity index (χ3v) is 7.68. The quantitative estimate of drug-likeness (QED) is 0.823. The fourth-order valence-corrected chi connectivity index (χ4v) is 5.41. The fourth-order valence-electron chi connectivity index (χ4n) is 4.12. The van der Waals surface area contributed by atoms with Crippen LogP contribution in [0, 0.1) is 12.3 Å². The molecule has 2 aromatic rings. The van der Waals surface area contributed by atoms with Gasteiger partial charge in [0.05, 0.1) is 22.8 Å². The lowest BCUT2D eigenvalue weighted by Gasteiger charge is -2.33. The number of rotatable bonds is 4. The number of nitrogens with one attached hydrogen (secondary N) is 1. The number of nitrogens with zero attached hydrogens (tertiary/aromatic N) is 4. The van der Waals surface area contributed by atoms with Crippen molar-refractivity contribution in [2.75, 3.05) is 11.1 Å². The summed E-state index contributed by atoms with van der Waals surface area (Å²) in [5.41, 5.74) is 3.28. The average Bonchev–Trinajstić information content (AvgIpc) is 3.12. The van der Waals surface area contributed by atoms with Crippen LogP contribution in [-0.4, -0.2) is 31.8 Å². The Morgan fingerprint density at radius 1 is 1.36 bits per heavy atom. The normalized spacial score (nSPS) is 25.8. The number of amides is 1. The van der Waals surface area contributed by atoms with Crippen molar-refractivity contribution in [2.45, 2.75) is 57.0 Å². The van der Waals surface area contributed by atoms with Crippen molar-refractivity contribution in [3.05, 3.63) is 22.5 Å². The smallest absolute Gasteiger partial charge is 0.236 e. The standard InChI is InChI=1S/C17H21N5OS2/c1-9-7-24-14(18-9)19-11(23)8-25-15-20-13-12(21-22-15)10-5-6-17(13,4)16(10,2)3/h7,10H,5-6,8H2,1-4H3,(H,18,19,23). The predicted octanol–water partition coefficient (Wildman–Crippen LogP) is 3.54. The van der Waals surface area contributed by atoms with E-state index in [-0.39, 0.29) is 22.5 Å². The van der Waals surface area contributed by atoms with Crippen LogP contribution in [0.5, 0.6) is 0 Å². The Bertz CT molecular complexity index is 849. The maximum Gasteiger partial charge on any atom is 0.236 e. The highest BCUT2D eigenvalue weighted by Gasteiger charge is 2.61. The van der Waals surface area contributed by atoms with Crippen LogP contribution in [0.4, 0.5) is 5.13 Å². The van der Waals surface area contributed by atoms with Crippen LogP contribution < -0.4 is 5.32 Å². The van der Waals surface area contributed by atoms with Crippen LogP contribution in [0.1, 0.15) is 56.6 Å². The Morgan fingerprint density at radius 3 is 2.88 bits per heavy atom. The van der Waals surface area contributed by atoms with Crippen LogP contribution >= 0.6 is 23.1 Å². The van der Waals surface area contributed by atoms with Gasteiger partial charge in [-0.05, 0) is 25.2 Å². The molecule has 1 saturated carbocycles. The third kappa shape index (κ3) is 2.57. The van der Waals surface area contributed by atoms with Crippen LogP contribution in [0.25, 0.3) is 0 Å². The molecule has 8 heteroatoms. The van der Waals surface area contributed by atoms with Crippen LogP contribution in [0.15, 0.2) is 10.5 Å². The highest BCUT2D eigenvalue weighted by Crippen LogP contribution is 2.66. The zero-order valence-electron chi connectivity index (χ0n) is 14.8. The first-order chi connectivity index (χ1) is 11.8. The largest absolute Gasteiger partial charge is 0.301 e. The Labute approximate surface area is 155 Å². The molecule has 6 nitrogen and oxygen atoms in total. The predicted molar refractivity (Wildman–Crippen MR) is 99.1 cm³/mol. The molecule has 2 aromatic heterocycles. The molecule has 2 atom stereocenters. The van der Waals surface area contributed by atoms with E-state index in [1.54, 1.807) is 0 Å². The molecule has 132 valence electrons. The summed E-state index contributed by atoms with van der Waals surface area (Å²) >= 11 is 2.75. The van der Waals surface area contributed by atoms with Crippen molar-refractivity contribution in [3.63, 3.8) is 0 Å². The number of aryl methyl sites for hydroxylation is 1. The summed E-state index contributed by atoms with van der Waals surface area (Å²) in [5.74, 6) is 0.599. The van der Waals surface area contributed by atoms with E-state index < -0.39 is 0 Å². The van der Waals surface area contributed by atoms with Gasteiger partial charge < -0.3 is 5.32 Å².